The number of oxazole rings is 1. The molecule has 1 amide bonds. The quantitative estimate of drug-likeness (QED) is 0.902. The zero-order chi connectivity index (χ0) is 16.9. The summed E-state index contributed by atoms with van der Waals surface area (Å²) >= 11 is 5.89. The minimum atomic E-state index is 0.168. The molecule has 0 radical (unpaired) electrons. The number of hydrogen-bond donors (Lipinski definition) is 1. The molecule has 5 nitrogen and oxygen atoms in total. The van der Waals surface area contributed by atoms with E-state index in [2.05, 4.69) is 10.3 Å². The van der Waals surface area contributed by atoms with E-state index in [1.54, 1.807) is 6.20 Å². The number of piperidine rings is 1. The van der Waals surface area contributed by atoms with Crippen LogP contribution in [0.15, 0.2) is 34.9 Å². The van der Waals surface area contributed by atoms with Gasteiger partial charge >= 0.3 is 0 Å². The number of halogens is 1. The number of nitrogens with zero attached hydrogens (tertiary/aromatic N) is 2. The van der Waals surface area contributed by atoms with Crippen LogP contribution in [0.5, 0.6) is 0 Å². The van der Waals surface area contributed by atoms with E-state index in [9.17, 15) is 4.79 Å². The molecule has 1 atom stereocenters. The van der Waals surface area contributed by atoms with Crippen molar-refractivity contribution in [1.29, 1.82) is 0 Å². The van der Waals surface area contributed by atoms with Crippen LogP contribution in [0.1, 0.15) is 25.2 Å². The highest BCUT2D eigenvalue weighted by Crippen LogP contribution is 2.23. The Labute approximate surface area is 147 Å². The van der Waals surface area contributed by atoms with E-state index in [0.717, 1.165) is 31.5 Å². The summed E-state index contributed by atoms with van der Waals surface area (Å²) in [6.45, 7) is 1.63. The molecule has 128 valence electrons. The highest BCUT2D eigenvalue weighted by molar-refractivity contribution is 6.30. The van der Waals surface area contributed by atoms with Crippen molar-refractivity contribution in [2.45, 2.75) is 31.7 Å². The average molecular weight is 348 g/mol. The number of hydrogen-bond acceptors (Lipinski definition) is 4. The molecular weight excluding hydrogens is 326 g/mol. The normalized spacial score (nSPS) is 17.9. The van der Waals surface area contributed by atoms with E-state index in [0.29, 0.717) is 35.6 Å². The third kappa shape index (κ3) is 4.16. The predicted molar refractivity (Wildman–Crippen MR) is 93.9 cm³/mol. The maximum Gasteiger partial charge on any atom is 0.223 e. The SMILES string of the molecule is CNC1CCCN(C(=O)CCc2ncc(-c3ccc(Cl)cc3)o2)C1. The van der Waals surface area contributed by atoms with Crippen molar-refractivity contribution in [2.75, 3.05) is 20.1 Å². The molecule has 0 spiro atoms. The average Bonchev–Trinajstić information content (AvgIpc) is 3.09. The fourth-order valence-electron chi connectivity index (χ4n) is 2.98. The third-order valence-corrected chi connectivity index (χ3v) is 4.67. The molecule has 1 aromatic heterocycles. The van der Waals surface area contributed by atoms with E-state index in [4.69, 9.17) is 16.0 Å². The first kappa shape index (κ1) is 17.0. The van der Waals surface area contributed by atoms with Crippen molar-refractivity contribution in [3.63, 3.8) is 0 Å². The number of likely N-dealkylation sites (N-methyl/N-ethyl adjacent to an activating group) is 1. The first-order chi connectivity index (χ1) is 11.7. The van der Waals surface area contributed by atoms with Gasteiger partial charge in [-0.2, -0.15) is 0 Å². The zero-order valence-electron chi connectivity index (χ0n) is 13.8. The molecule has 24 heavy (non-hydrogen) atoms. The lowest BCUT2D eigenvalue weighted by molar-refractivity contribution is -0.132. The van der Waals surface area contributed by atoms with Crippen LogP contribution in [0.25, 0.3) is 11.3 Å². The van der Waals surface area contributed by atoms with Crippen molar-refractivity contribution >= 4 is 17.5 Å². The topological polar surface area (TPSA) is 58.4 Å². The Morgan fingerprint density at radius 1 is 1.42 bits per heavy atom. The van der Waals surface area contributed by atoms with Gasteiger partial charge in [-0.05, 0) is 44.2 Å². The van der Waals surface area contributed by atoms with Crippen LogP contribution in [0.4, 0.5) is 0 Å². The van der Waals surface area contributed by atoms with Crippen molar-refractivity contribution < 1.29 is 9.21 Å². The van der Waals surface area contributed by atoms with E-state index >= 15 is 0 Å². The summed E-state index contributed by atoms with van der Waals surface area (Å²) in [4.78, 5) is 18.6. The number of benzene rings is 1. The molecule has 1 aliphatic rings. The van der Waals surface area contributed by atoms with Gasteiger partial charge in [-0.1, -0.05) is 11.6 Å². The summed E-state index contributed by atoms with van der Waals surface area (Å²) in [5, 5.41) is 3.94. The smallest absolute Gasteiger partial charge is 0.223 e. The molecule has 0 saturated carbocycles. The van der Waals surface area contributed by atoms with E-state index < -0.39 is 0 Å². The van der Waals surface area contributed by atoms with Gasteiger partial charge in [-0.15, -0.1) is 0 Å². The van der Waals surface area contributed by atoms with Gasteiger partial charge in [0.2, 0.25) is 5.91 Å². The van der Waals surface area contributed by atoms with Gasteiger partial charge in [-0.3, -0.25) is 4.79 Å². The van der Waals surface area contributed by atoms with Gasteiger partial charge in [0.1, 0.15) is 0 Å². The fourth-order valence-corrected chi connectivity index (χ4v) is 3.11. The number of aromatic nitrogens is 1. The number of aryl methyl sites for hydroxylation is 1. The Morgan fingerprint density at radius 2 is 2.21 bits per heavy atom. The molecule has 3 rings (SSSR count). The van der Waals surface area contributed by atoms with Crippen molar-refractivity contribution in [3.05, 3.63) is 41.4 Å². The molecule has 1 unspecified atom stereocenters. The molecule has 1 N–H and O–H groups in total. The molecule has 6 heteroatoms. The standard InChI is InChI=1S/C18H22ClN3O2/c1-20-15-3-2-10-22(12-15)18(23)9-8-17-21-11-16(24-17)13-4-6-14(19)7-5-13/h4-7,11,15,20H,2-3,8-10,12H2,1H3. The molecule has 1 saturated heterocycles. The maximum atomic E-state index is 12.4. The van der Waals surface area contributed by atoms with Crippen LogP contribution in [-0.4, -0.2) is 42.0 Å². The Hall–Kier alpha value is -1.85. The summed E-state index contributed by atoms with van der Waals surface area (Å²) in [6, 6.07) is 7.82. The summed E-state index contributed by atoms with van der Waals surface area (Å²) in [5.41, 5.74) is 0.928. The van der Waals surface area contributed by atoms with Gasteiger partial charge in [0.15, 0.2) is 11.7 Å². The summed E-state index contributed by atoms with van der Waals surface area (Å²) in [7, 11) is 1.95. The molecule has 1 aliphatic heterocycles. The lowest BCUT2D eigenvalue weighted by Gasteiger charge is -2.32. The number of amides is 1. The molecule has 2 aromatic rings. The minimum absolute atomic E-state index is 0.168. The molecule has 0 aliphatic carbocycles. The third-order valence-electron chi connectivity index (χ3n) is 4.42. The molecule has 0 bridgehead atoms. The summed E-state index contributed by atoms with van der Waals surface area (Å²) in [6.07, 6.45) is 4.83. The largest absolute Gasteiger partial charge is 0.441 e. The van der Waals surface area contributed by atoms with Crippen LogP contribution in [-0.2, 0) is 11.2 Å². The van der Waals surface area contributed by atoms with Gasteiger partial charge in [0.05, 0.1) is 6.20 Å². The zero-order valence-corrected chi connectivity index (χ0v) is 14.6. The molecule has 1 aromatic carbocycles. The number of likely N-dealkylation sites (tertiary alicyclic amines) is 1. The maximum absolute atomic E-state index is 12.4. The van der Waals surface area contributed by atoms with Crippen molar-refractivity contribution in [2.24, 2.45) is 0 Å². The number of carbonyl (C=O) groups excluding carboxylic acids is 1. The summed E-state index contributed by atoms with van der Waals surface area (Å²) < 4.78 is 5.75. The number of rotatable bonds is 5. The fraction of sp³-hybridized carbons (Fsp3) is 0.444. The molecule has 2 heterocycles. The van der Waals surface area contributed by atoms with Crippen molar-refractivity contribution in [1.82, 2.24) is 15.2 Å². The number of carbonyl (C=O) groups is 1. The highest BCUT2D eigenvalue weighted by atomic mass is 35.5. The lowest BCUT2D eigenvalue weighted by atomic mass is 10.1. The second kappa shape index (κ2) is 7.81. The van der Waals surface area contributed by atoms with E-state index in [-0.39, 0.29) is 5.91 Å². The second-order valence-corrected chi connectivity index (χ2v) is 6.53. The van der Waals surface area contributed by atoms with E-state index in [1.807, 2.05) is 36.2 Å². The van der Waals surface area contributed by atoms with Crippen LogP contribution < -0.4 is 5.32 Å². The van der Waals surface area contributed by atoms with Gasteiger partial charge in [-0.25, -0.2) is 4.98 Å². The Morgan fingerprint density at radius 3 is 2.96 bits per heavy atom. The molecular formula is C18H22ClN3O2. The highest BCUT2D eigenvalue weighted by Gasteiger charge is 2.22. The van der Waals surface area contributed by atoms with Crippen LogP contribution in [0.3, 0.4) is 0 Å². The first-order valence-electron chi connectivity index (χ1n) is 8.31. The predicted octanol–water partition coefficient (Wildman–Crippen LogP) is 3.14. The summed E-state index contributed by atoms with van der Waals surface area (Å²) in [5.74, 6) is 1.46. The Bertz CT molecular complexity index is 684. The number of nitrogens with one attached hydrogen (secondary N) is 1. The van der Waals surface area contributed by atoms with E-state index in [1.165, 1.54) is 0 Å². The monoisotopic (exact) mass is 347 g/mol. The van der Waals surface area contributed by atoms with Gasteiger partial charge in [0, 0.05) is 42.6 Å². The molecule has 1 fully saturated rings. The Kier molecular flexibility index (Phi) is 5.53. The second-order valence-electron chi connectivity index (χ2n) is 6.09. The minimum Gasteiger partial charge on any atom is -0.441 e. The lowest BCUT2D eigenvalue weighted by Crippen LogP contribution is -2.47. The van der Waals surface area contributed by atoms with Crippen molar-refractivity contribution in [3.8, 4) is 11.3 Å². The van der Waals surface area contributed by atoms with Gasteiger partial charge < -0.3 is 14.6 Å². The van der Waals surface area contributed by atoms with Crippen LogP contribution in [0, 0.1) is 0 Å². The van der Waals surface area contributed by atoms with Crippen LogP contribution in [0.2, 0.25) is 5.02 Å². The van der Waals surface area contributed by atoms with Gasteiger partial charge in [0.25, 0.3) is 0 Å². The van der Waals surface area contributed by atoms with Crippen LogP contribution >= 0.6 is 11.6 Å². The Balaban J connectivity index is 1.55. The first-order valence-corrected chi connectivity index (χ1v) is 8.69.